The number of imide groups is 1. The molecule has 0 aromatic heterocycles. The van der Waals surface area contributed by atoms with Crippen molar-refractivity contribution in [1.29, 1.82) is 0 Å². The van der Waals surface area contributed by atoms with Crippen molar-refractivity contribution in [3.8, 4) is 5.75 Å². The standard InChI is InChI=1S/C18H11Cl3N2O5/c19-10-1-3-11(4-2-10)23-17(26)14(22-18(23)27)7-9-5-12(20)16(13(21)6-9)28-8-15(24)25/h1-7H,8H2,(H,22,27)(H,24,25)/b14-7+. The molecule has 1 aliphatic rings. The van der Waals surface area contributed by atoms with Gasteiger partial charge in [-0.1, -0.05) is 34.8 Å². The Morgan fingerprint density at radius 1 is 1.11 bits per heavy atom. The SMILES string of the molecule is O=C(O)COc1c(Cl)cc(/C=C2/NC(=O)N(c3ccc(Cl)cc3)C2=O)cc1Cl. The first-order valence-electron chi connectivity index (χ1n) is 7.72. The third-order valence-corrected chi connectivity index (χ3v) is 4.45. The van der Waals surface area contributed by atoms with Crippen molar-refractivity contribution in [3.05, 3.63) is 62.7 Å². The van der Waals surface area contributed by atoms with Gasteiger partial charge < -0.3 is 15.2 Å². The van der Waals surface area contributed by atoms with E-state index < -0.39 is 24.5 Å². The molecule has 2 aromatic carbocycles. The number of amides is 3. The number of ether oxygens (including phenoxy) is 1. The number of halogens is 3. The molecule has 28 heavy (non-hydrogen) atoms. The minimum absolute atomic E-state index is 0.0115. The normalized spacial score (nSPS) is 15.1. The lowest BCUT2D eigenvalue weighted by Crippen LogP contribution is -2.30. The Bertz CT molecular complexity index is 982. The molecule has 1 fully saturated rings. The second kappa shape index (κ2) is 8.10. The third kappa shape index (κ3) is 4.22. The summed E-state index contributed by atoms with van der Waals surface area (Å²) in [5, 5.41) is 11.8. The van der Waals surface area contributed by atoms with Crippen LogP contribution in [0.3, 0.4) is 0 Å². The van der Waals surface area contributed by atoms with Gasteiger partial charge in [-0.25, -0.2) is 14.5 Å². The molecule has 144 valence electrons. The van der Waals surface area contributed by atoms with Crippen molar-refractivity contribution in [1.82, 2.24) is 5.32 Å². The summed E-state index contributed by atoms with van der Waals surface area (Å²) < 4.78 is 5.04. The Kier molecular flexibility index (Phi) is 5.79. The molecule has 10 heteroatoms. The minimum Gasteiger partial charge on any atom is -0.479 e. The largest absolute Gasteiger partial charge is 0.479 e. The highest BCUT2D eigenvalue weighted by molar-refractivity contribution is 6.37. The third-order valence-electron chi connectivity index (χ3n) is 3.63. The Hall–Kier alpha value is -2.74. The average molecular weight is 442 g/mol. The predicted molar refractivity (Wildman–Crippen MR) is 105 cm³/mol. The van der Waals surface area contributed by atoms with Gasteiger partial charge in [0.2, 0.25) is 0 Å². The monoisotopic (exact) mass is 440 g/mol. The van der Waals surface area contributed by atoms with E-state index in [1.807, 2.05) is 0 Å². The van der Waals surface area contributed by atoms with E-state index in [1.54, 1.807) is 24.3 Å². The van der Waals surface area contributed by atoms with E-state index >= 15 is 0 Å². The van der Waals surface area contributed by atoms with E-state index in [2.05, 4.69) is 5.32 Å². The lowest BCUT2D eigenvalue weighted by Gasteiger charge is -2.11. The molecule has 7 nitrogen and oxygen atoms in total. The summed E-state index contributed by atoms with van der Waals surface area (Å²) >= 11 is 18.0. The number of rotatable bonds is 5. The fraction of sp³-hybridized carbons (Fsp3) is 0.0556. The smallest absolute Gasteiger partial charge is 0.341 e. The molecule has 0 aliphatic carbocycles. The maximum atomic E-state index is 12.6. The second-order valence-corrected chi connectivity index (χ2v) is 6.85. The van der Waals surface area contributed by atoms with Gasteiger partial charge in [-0.05, 0) is 48.0 Å². The number of nitrogens with one attached hydrogen (secondary N) is 1. The van der Waals surface area contributed by atoms with Gasteiger partial charge in [0, 0.05) is 5.02 Å². The quantitative estimate of drug-likeness (QED) is 0.535. The fourth-order valence-corrected chi connectivity index (χ4v) is 3.20. The molecule has 1 saturated heterocycles. The number of urea groups is 1. The van der Waals surface area contributed by atoms with Crippen LogP contribution in [-0.2, 0) is 9.59 Å². The molecule has 0 atom stereocenters. The molecule has 1 aliphatic heterocycles. The Morgan fingerprint density at radius 3 is 2.29 bits per heavy atom. The van der Waals surface area contributed by atoms with Crippen molar-refractivity contribution in [2.75, 3.05) is 11.5 Å². The van der Waals surface area contributed by atoms with Gasteiger partial charge in [0.25, 0.3) is 5.91 Å². The number of hydrogen-bond acceptors (Lipinski definition) is 4. The summed E-state index contributed by atoms with van der Waals surface area (Å²) in [5.74, 6) is -1.73. The summed E-state index contributed by atoms with van der Waals surface area (Å²) in [6.07, 6.45) is 1.40. The molecule has 1 heterocycles. The van der Waals surface area contributed by atoms with Gasteiger partial charge in [0.1, 0.15) is 5.70 Å². The van der Waals surface area contributed by atoms with E-state index in [4.69, 9.17) is 44.6 Å². The van der Waals surface area contributed by atoms with E-state index in [0.29, 0.717) is 16.3 Å². The van der Waals surface area contributed by atoms with Crippen LogP contribution in [0.2, 0.25) is 15.1 Å². The van der Waals surface area contributed by atoms with E-state index in [-0.39, 0.29) is 21.5 Å². The molecule has 3 amide bonds. The minimum atomic E-state index is -1.18. The number of hydrogen-bond donors (Lipinski definition) is 2. The van der Waals surface area contributed by atoms with Crippen LogP contribution in [0.25, 0.3) is 6.08 Å². The first-order valence-corrected chi connectivity index (χ1v) is 8.86. The van der Waals surface area contributed by atoms with E-state index in [9.17, 15) is 14.4 Å². The average Bonchev–Trinajstić information content (AvgIpc) is 2.88. The number of carboxylic acid groups (broad SMARTS) is 1. The van der Waals surface area contributed by atoms with Crippen LogP contribution in [0.4, 0.5) is 10.5 Å². The van der Waals surface area contributed by atoms with Gasteiger partial charge in [-0.3, -0.25) is 4.79 Å². The maximum absolute atomic E-state index is 12.6. The van der Waals surface area contributed by atoms with Crippen molar-refractivity contribution >= 4 is 64.5 Å². The molecule has 2 N–H and O–H groups in total. The molecule has 3 rings (SSSR count). The first-order chi connectivity index (χ1) is 13.3. The number of nitrogens with zero attached hydrogens (tertiary/aromatic N) is 1. The van der Waals surface area contributed by atoms with Gasteiger partial charge in [-0.2, -0.15) is 0 Å². The molecule has 2 aromatic rings. The Labute approximate surface area is 174 Å². The zero-order chi connectivity index (χ0) is 20.4. The van der Waals surface area contributed by atoms with Crippen LogP contribution in [-0.4, -0.2) is 29.6 Å². The second-order valence-electron chi connectivity index (χ2n) is 5.60. The maximum Gasteiger partial charge on any atom is 0.341 e. The number of benzene rings is 2. The topological polar surface area (TPSA) is 95.9 Å². The van der Waals surface area contributed by atoms with Crippen LogP contribution in [0.15, 0.2) is 42.1 Å². The summed E-state index contributed by atoms with van der Waals surface area (Å²) in [6.45, 7) is -0.607. The molecule has 0 saturated carbocycles. The number of anilines is 1. The van der Waals surface area contributed by atoms with Crippen LogP contribution in [0.1, 0.15) is 5.56 Å². The number of carbonyl (C=O) groups excluding carboxylic acids is 2. The fourth-order valence-electron chi connectivity index (χ4n) is 2.46. The zero-order valence-electron chi connectivity index (χ0n) is 13.9. The van der Waals surface area contributed by atoms with Crippen molar-refractivity contribution in [2.45, 2.75) is 0 Å². The Morgan fingerprint density at radius 2 is 1.71 bits per heavy atom. The molecule has 0 radical (unpaired) electrons. The van der Waals surface area contributed by atoms with Crippen molar-refractivity contribution < 1.29 is 24.2 Å². The number of aliphatic carboxylic acids is 1. The van der Waals surface area contributed by atoms with Crippen molar-refractivity contribution in [3.63, 3.8) is 0 Å². The summed E-state index contributed by atoms with van der Waals surface area (Å²) in [5.41, 5.74) is 0.800. The molecular formula is C18H11Cl3N2O5. The summed E-state index contributed by atoms with van der Waals surface area (Å²) in [6, 6.07) is 8.47. The van der Waals surface area contributed by atoms with E-state index in [0.717, 1.165) is 4.90 Å². The summed E-state index contributed by atoms with van der Waals surface area (Å²) in [4.78, 5) is 36.4. The van der Waals surface area contributed by atoms with Crippen LogP contribution >= 0.6 is 34.8 Å². The highest BCUT2D eigenvalue weighted by Crippen LogP contribution is 2.35. The zero-order valence-corrected chi connectivity index (χ0v) is 16.2. The molecule has 0 bridgehead atoms. The molecule has 0 unspecified atom stereocenters. The highest BCUT2D eigenvalue weighted by atomic mass is 35.5. The van der Waals surface area contributed by atoms with Crippen LogP contribution in [0, 0.1) is 0 Å². The van der Waals surface area contributed by atoms with Gasteiger partial charge in [-0.15, -0.1) is 0 Å². The van der Waals surface area contributed by atoms with Crippen LogP contribution in [0.5, 0.6) is 5.75 Å². The molecular weight excluding hydrogens is 431 g/mol. The van der Waals surface area contributed by atoms with Crippen LogP contribution < -0.4 is 15.0 Å². The van der Waals surface area contributed by atoms with Gasteiger partial charge in [0.15, 0.2) is 12.4 Å². The lowest BCUT2D eigenvalue weighted by molar-refractivity contribution is -0.139. The predicted octanol–water partition coefficient (Wildman–Crippen LogP) is 4.21. The first kappa shape index (κ1) is 20.0. The Balaban J connectivity index is 1.87. The highest BCUT2D eigenvalue weighted by Gasteiger charge is 2.34. The van der Waals surface area contributed by atoms with E-state index in [1.165, 1.54) is 18.2 Å². The van der Waals surface area contributed by atoms with Gasteiger partial charge >= 0.3 is 12.0 Å². The number of carboxylic acids is 1. The molecule has 0 spiro atoms. The van der Waals surface area contributed by atoms with Crippen molar-refractivity contribution in [2.24, 2.45) is 0 Å². The summed E-state index contributed by atoms with van der Waals surface area (Å²) in [7, 11) is 0. The number of carbonyl (C=O) groups is 3. The lowest BCUT2D eigenvalue weighted by atomic mass is 10.1. The van der Waals surface area contributed by atoms with Gasteiger partial charge in [0.05, 0.1) is 15.7 Å².